The van der Waals surface area contributed by atoms with E-state index in [1.807, 2.05) is 0 Å². The maximum atomic E-state index is 14.6. The first-order valence-corrected chi connectivity index (χ1v) is 11.2. The SMILES string of the molecule is CC(=O)N1CCc2c(c(-c3ccc(F)c(C(F)(F)F)c3)nn2[C@H]2c3cc(F)cc(F)c3C[C@]2(C)O)C1. The van der Waals surface area contributed by atoms with Crippen molar-refractivity contribution in [2.24, 2.45) is 0 Å². The number of carbonyl (C=O) groups excluding carboxylic acids is 1. The van der Waals surface area contributed by atoms with Crippen molar-refractivity contribution in [2.75, 3.05) is 6.54 Å². The maximum absolute atomic E-state index is 14.6. The van der Waals surface area contributed by atoms with Crippen molar-refractivity contribution < 1.29 is 36.2 Å². The van der Waals surface area contributed by atoms with Crippen LogP contribution in [0, 0.1) is 17.5 Å². The molecule has 0 unspecified atom stereocenters. The van der Waals surface area contributed by atoms with Gasteiger partial charge < -0.3 is 10.0 Å². The van der Waals surface area contributed by atoms with E-state index in [9.17, 15) is 36.2 Å². The number of alkyl halides is 3. The average molecular weight is 509 g/mol. The van der Waals surface area contributed by atoms with Crippen molar-refractivity contribution >= 4 is 5.91 Å². The molecule has 0 saturated carbocycles. The van der Waals surface area contributed by atoms with E-state index in [1.165, 1.54) is 23.4 Å². The van der Waals surface area contributed by atoms with Crippen molar-refractivity contribution in [1.82, 2.24) is 14.7 Å². The summed E-state index contributed by atoms with van der Waals surface area (Å²) in [6, 6.07) is 3.30. The molecule has 2 heterocycles. The Morgan fingerprint density at radius 2 is 1.83 bits per heavy atom. The first kappa shape index (κ1) is 24.4. The smallest absolute Gasteiger partial charge is 0.387 e. The third-order valence-electron chi connectivity index (χ3n) is 6.93. The van der Waals surface area contributed by atoms with Gasteiger partial charge in [0.25, 0.3) is 0 Å². The van der Waals surface area contributed by atoms with E-state index in [4.69, 9.17) is 0 Å². The van der Waals surface area contributed by atoms with Crippen LogP contribution in [0.25, 0.3) is 11.3 Å². The minimum atomic E-state index is -4.95. The molecule has 2 aliphatic rings. The predicted molar refractivity (Wildman–Crippen MR) is 116 cm³/mol. The maximum Gasteiger partial charge on any atom is 0.419 e. The summed E-state index contributed by atoms with van der Waals surface area (Å²) in [5, 5.41) is 15.8. The molecular weight excluding hydrogens is 488 g/mol. The zero-order chi connectivity index (χ0) is 26.2. The van der Waals surface area contributed by atoms with E-state index in [-0.39, 0.29) is 54.2 Å². The van der Waals surface area contributed by atoms with Gasteiger partial charge in [0.2, 0.25) is 5.91 Å². The molecule has 2 atom stereocenters. The molecule has 0 spiro atoms. The number of benzene rings is 2. The van der Waals surface area contributed by atoms with Crippen LogP contribution < -0.4 is 0 Å². The van der Waals surface area contributed by atoms with Crippen molar-refractivity contribution in [3.8, 4) is 11.3 Å². The van der Waals surface area contributed by atoms with E-state index in [0.29, 0.717) is 23.4 Å². The van der Waals surface area contributed by atoms with Gasteiger partial charge in [0, 0.05) is 55.7 Å². The number of fused-ring (bicyclic) bond motifs is 2. The number of hydrogen-bond acceptors (Lipinski definition) is 3. The molecule has 5 rings (SSSR count). The van der Waals surface area contributed by atoms with E-state index < -0.39 is 40.8 Å². The monoisotopic (exact) mass is 509 g/mol. The Balaban J connectivity index is 1.74. The second-order valence-electron chi connectivity index (χ2n) is 9.49. The van der Waals surface area contributed by atoms with Crippen LogP contribution in [0.5, 0.6) is 0 Å². The van der Waals surface area contributed by atoms with Gasteiger partial charge in [-0.25, -0.2) is 13.2 Å². The highest BCUT2D eigenvalue weighted by atomic mass is 19.4. The van der Waals surface area contributed by atoms with E-state index in [0.717, 1.165) is 18.2 Å². The van der Waals surface area contributed by atoms with E-state index in [2.05, 4.69) is 5.10 Å². The minimum Gasteiger partial charge on any atom is -0.387 e. The van der Waals surface area contributed by atoms with Gasteiger partial charge >= 0.3 is 6.18 Å². The topological polar surface area (TPSA) is 58.4 Å². The molecular formula is C25H21F6N3O2. The number of aromatic nitrogens is 2. The summed E-state index contributed by atoms with van der Waals surface area (Å²) in [6.45, 7) is 3.12. The number of rotatable bonds is 2. The Labute approximate surface area is 201 Å². The summed E-state index contributed by atoms with van der Waals surface area (Å²) in [5.41, 5.74) is -1.77. The fraction of sp³-hybridized carbons (Fsp3) is 0.360. The molecule has 36 heavy (non-hydrogen) atoms. The standard InChI is InChI=1S/C25H21F6N3O2/c1-12(35)33-6-5-21-17(11-33)22(13-3-4-19(27)18(7-13)25(29,30)31)32-34(21)23-15-8-14(26)9-20(28)16(15)10-24(23,2)36/h3-4,7-9,23,36H,5-6,10-11H2,1-2H3/t23-,24-/m0/s1. The molecule has 0 fully saturated rings. The van der Waals surface area contributed by atoms with Crippen molar-refractivity contribution in [3.05, 3.63) is 75.7 Å². The van der Waals surface area contributed by atoms with Gasteiger partial charge in [-0.15, -0.1) is 0 Å². The van der Waals surface area contributed by atoms with Gasteiger partial charge in [0.05, 0.1) is 16.9 Å². The van der Waals surface area contributed by atoms with Crippen molar-refractivity contribution in [2.45, 2.75) is 51.1 Å². The van der Waals surface area contributed by atoms with Crippen LogP contribution >= 0.6 is 0 Å². The van der Waals surface area contributed by atoms with Crippen LogP contribution in [0.1, 0.15) is 47.8 Å². The minimum absolute atomic E-state index is 0.0258. The Bertz CT molecular complexity index is 1400. The Morgan fingerprint density at radius 3 is 2.50 bits per heavy atom. The molecule has 1 aliphatic carbocycles. The summed E-state index contributed by atoms with van der Waals surface area (Å²) in [5.74, 6) is -3.35. The molecule has 2 aromatic carbocycles. The van der Waals surface area contributed by atoms with Gasteiger partial charge in [-0.2, -0.15) is 18.3 Å². The Morgan fingerprint density at radius 1 is 1.11 bits per heavy atom. The highest BCUT2D eigenvalue weighted by molar-refractivity contribution is 5.75. The number of halogens is 6. The van der Waals surface area contributed by atoms with Crippen LogP contribution in [0.4, 0.5) is 26.3 Å². The van der Waals surface area contributed by atoms with Gasteiger partial charge in [-0.3, -0.25) is 9.48 Å². The molecule has 11 heteroatoms. The molecule has 0 bridgehead atoms. The Hall–Kier alpha value is -3.34. The Kier molecular flexibility index (Phi) is 5.47. The first-order valence-electron chi connectivity index (χ1n) is 11.2. The summed E-state index contributed by atoms with van der Waals surface area (Å²) >= 11 is 0. The fourth-order valence-corrected chi connectivity index (χ4v) is 5.29. The number of hydrogen-bond donors (Lipinski definition) is 1. The lowest BCUT2D eigenvalue weighted by Gasteiger charge is -2.31. The molecule has 5 nitrogen and oxygen atoms in total. The van der Waals surface area contributed by atoms with Crippen LogP contribution in [0.15, 0.2) is 30.3 Å². The second-order valence-corrected chi connectivity index (χ2v) is 9.49. The summed E-state index contributed by atoms with van der Waals surface area (Å²) in [7, 11) is 0. The highest BCUT2D eigenvalue weighted by Crippen LogP contribution is 2.46. The first-order chi connectivity index (χ1) is 16.8. The van der Waals surface area contributed by atoms with Gasteiger partial charge in [-0.05, 0) is 42.3 Å². The molecule has 1 aromatic heterocycles. The zero-order valence-electron chi connectivity index (χ0n) is 19.3. The summed E-state index contributed by atoms with van der Waals surface area (Å²) < 4.78 is 84.4. The number of amides is 1. The molecule has 1 amide bonds. The largest absolute Gasteiger partial charge is 0.419 e. The van der Waals surface area contributed by atoms with Gasteiger partial charge in [0.1, 0.15) is 23.5 Å². The molecule has 0 radical (unpaired) electrons. The number of nitrogens with zero attached hydrogens (tertiary/aromatic N) is 3. The van der Waals surface area contributed by atoms with Crippen LogP contribution in [-0.4, -0.2) is 37.8 Å². The van der Waals surface area contributed by atoms with Crippen LogP contribution in [0.2, 0.25) is 0 Å². The molecule has 1 N–H and O–H groups in total. The van der Waals surface area contributed by atoms with Gasteiger partial charge in [-0.1, -0.05) is 0 Å². The molecule has 3 aromatic rings. The third-order valence-corrected chi connectivity index (χ3v) is 6.93. The molecule has 0 saturated heterocycles. The summed E-state index contributed by atoms with van der Waals surface area (Å²) in [6.07, 6.45) is -4.83. The van der Waals surface area contributed by atoms with E-state index >= 15 is 0 Å². The lowest BCUT2D eigenvalue weighted by molar-refractivity contribution is -0.140. The zero-order valence-corrected chi connectivity index (χ0v) is 19.3. The number of aliphatic hydroxyl groups is 1. The third kappa shape index (κ3) is 3.85. The highest BCUT2D eigenvalue weighted by Gasteiger charge is 2.46. The van der Waals surface area contributed by atoms with Crippen LogP contribution in [0.3, 0.4) is 0 Å². The summed E-state index contributed by atoms with van der Waals surface area (Å²) in [4.78, 5) is 13.6. The molecule has 190 valence electrons. The van der Waals surface area contributed by atoms with Crippen molar-refractivity contribution in [3.63, 3.8) is 0 Å². The average Bonchev–Trinajstić information content (AvgIpc) is 3.26. The predicted octanol–water partition coefficient (Wildman–Crippen LogP) is 4.79. The van der Waals surface area contributed by atoms with E-state index in [1.54, 1.807) is 0 Å². The van der Waals surface area contributed by atoms with Crippen LogP contribution in [-0.2, 0) is 30.4 Å². The fourth-order valence-electron chi connectivity index (χ4n) is 5.29. The quantitative estimate of drug-likeness (QED) is 0.506. The lowest BCUT2D eigenvalue weighted by atomic mass is 9.95. The second kappa shape index (κ2) is 8.09. The van der Waals surface area contributed by atoms with Crippen molar-refractivity contribution in [1.29, 1.82) is 0 Å². The normalized spacial score (nSPS) is 21.5. The van der Waals surface area contributed by atoms with Gasteiger partial charge in [0.15, 0.2) is 0 Å². The number of carbonyl (C=O) groups is 1. The molecule has 1 aliphatic heterocycles. The lowest BCUT2D eigenvalue weighted by Crippen LogP contribution is -2.38.